The third-order valence-electron chi connectivity index (χ3n) is 2.51. The van der Waals surface area contributed by atoms with Crippen molar-refractivity contribution in [2.75, 3.05) is 6.54 Å². The molecule has 0 spiro atoms. The van der Waals surface area contributed by atoms with Crippen LogP contribution < -0.4 is 11.9 Å². The molecular formula is C13H24N2. The van der Waals surface area contributed by atoms with Crippen molar-refractivity contribution in [3.05, 3.63) is 35.9 Å². The van der Waals surface area contributed by atoms with E-state index in [4.69, 9.17) is 5.73 Å². The van der Waals surface area contributed by atoms with Crippen LogP contribution >= 0.6 is 0 Å². The van der Waals surface area contributed by atoms with Crippen LogP contribution in [0, 0.1) is 0 Å². The highest BCUT2D eigenvalue weighted by Gasteiger charge is 1.92. The fraction of sp³-hybridized carbons (Fsp3) is 0.538. The van der Waals surface area contributed by atoms with Gasteiger partial charge in [-0.25, -0.2) is 0 Å². The Balaban J connectivity index is 0.00000196. The highest BCUT2D eigenvalue weighted by Crippen LogP contribution is 2.08. The Labute approximate surface area is 93.5 Å². The van der Waals surface area contributed by atoms with Crippen LogP contribution in [0.4, 0.5) is 0 Å². The molecule has 0 unspecified atom stereocenters. The molecule has 0 amide bonds. The smallest absolute Gasteiger partial charge is 0.00773 e. The summed E-state index contributed by atoms with van der Waals surface area (Å²) in [6.45, 7) is 0.846. The van der Waals surface area contributed by atoms with E-state index in [2.05, 4.69) is 30.3 Å². The summed E-state index contributed by atoms with van der Waals surface area (Å²) in [5, 5.41) is 0. The SMILES string of the molecule is N.NCCCCCCCc1ccccc1. The summed E-state index contributed by atoms with van der Waals surface area (Å²) in [5.41, 5.74) is 6.90. The molecule has 0 aromatic heterocycles. The second-order valence-corrected chi connectivity index (χ2v) is 3.79. The molecule has 0 radical (unpaired) electrons. The van der Waals surface area contributed by atoms with Crippen molar-refractivity contribution in [3.63, 3.8) is 0 Å². The van der Waals surface area contributed by atoms with E-state index in [1.165, 1.54) is 44.1 Å². The lowest BCUT2D eigenvalue weighted by atomic mass is 10.1. The summed E-state index contributed by atoms with van der Waals surface area (Å²) in [4.78, 5) is 0. The molecule has 0 atom stereocenters. The van der Waals surface area contributed by atoms with E-state index in [1.807, 2.05) is 0 Å². The Morgan fingerprint density at radius 2 is 1.40 bits per heavy atom. The maximum absolute atomic E-state index is 5.43. The molecule has 0 fully saturated rings. The lowest BCUT2D eigenvalue weighted by molar-refractivity contribution is 0.618. The van der Waals surface area contributed by atoms with Gasteiger partial charge in [0.2, 0.25) is 0 Å². The third-order valence-corrected chi connectivity index (χ3v) is 2.51. The normalized spacial score (nSPS) is 9.67. The fourth-order valence-corrected chi connectivity index (χ4v) is 1.65. The van der Waals surface area contributed by atoms with Crippen molar-refractivity contribution in [1.29, 1.82) is 0 Å². The van der Waals surface area contributed by atoms with Crippen LogP contribution in [0.2, 0.25) is 0 Å². The van der Waals surface area contributed by atoms with Crippen LogP contribution in [-0.4, -0.2) is 6.54 Å². The van der Waals surface area contributed by atoms with Gasteiger partial charge >= 0.3 is 0 Å². The second kappa shape index (κ2) is 9.69. The zero-order chi connectivity index (χ0) is 10.1. The molecule has 0 saturated carbocycles. The average molecular weight is 208 g/mol. The first-order chi connectivity index (χ1) is 6.93. The monoisotopic (exact) mass is 208 g/mol. The first kappa shape index (κ1) is 14.1. The summed E-state index contributed by atoms with van der Waals surface area (Å²) in [5.74, 6) is 0. The van der Waals surface area contributed by atoms with Gasteiger partial charge in [-0.3, -0.25) is 0 Å². The van der Waals surface area contributed by atoms with E-state index in [0.29, 0.717) is 0 Å². The Hall–Kier alpha value is -0.860. The first-order valence-electron chi connectivity index (χ1n) is 5.67. The van der Waals surface area contributed by atoms with Gasteiger partial charge < -0.3 is 11.9 Å². The van der Waals surface area contributed by atoms with Gasteiger partial charge in [-0.2, -0.15) is 0 Å². The van der Waals surface area contributed by atoms with E-state index in [0.717, 1.165) is 6.54 Å². The van der Waals surface area contributed by atoms with Crippen LogP contribution in [0.1, 0.15) is 37.7 Å². The number of rotatable bonds is 7. The van der Waals surface area contributed by atoms with Crippen LogP contribution in [0.3, 0.4) is 0 Å². The van der Waals surface area contributed by atoms with Crippen molar-refractivity contribution >= 4 is 0 Å². The molecule has 0 aliphatic heterocycles. The Bertz CT molecular complexity index is 221. The quantitative estimate of drug-likeness (QED) is 0.675. The second-order valence-electron chi connectivity index (χ2n) is 3.79. The van der Waals surface area contributed by atoms with Gasteiger partial charge in [0.1, 0.15) is 0 Å². The van der Waals surface area contributed by atoms with Crippen LogP contribution in [0.25, 0.3) is 0 Å². The maximum atomic E-state index is 5.43. The largest absolute Gasteiger partial charge is 0.344 e. The molecule has 0 bridgehead atoms. The van der Waals surface area contributed by atoms with Gasteiger partial charge in [0.15, 0.2) is 0 Å². The van der Waals surface area contributed by atoms with Gasteiger partial charge in [0.05, 0.1) is 0 Å². The van der Waals surface area contributed by atoms with Crippen LogP contribution in [-0.2, 0) is 6.42 Å². The van der Waals surface area contributed by atoms with Gasteiger partial charge in [0, 0.05) is 0 Å². The summed E-state index contributed by atoms with van der Waals surface area (Å²) < 4.78 is 0. The fourth-order valence-electron chi connectivity index (χ4n) is 1.65. The van der Waals surface area contributed by atoms with Crippen molar-refractivity contribution in [2.45, 2.75) is 38.5 Å². The molecular weight excluding hydrogens is 184 g/mol. The molecule has 15 heavy (non-hydrogen) atoms. The number of benzene rings is 1. The van der Waals surface area contributed by atoms with Gasteiger partial charge in [-0.05, 0) is 31.4 Å². The van der Waals surface area contributed by atoms with E-state index in [9.17, 15) is 0 Å². The van der Waals surface area contributed by atoms with Crippen molar-refractivity contribution in [2.24, 2.45) is 5.73 Å². The Kier molecular flexibility index (Phi) is 9.13. The standard InChI is InChI=1S/C13H21N.H3N/c14-12-8-3-1-2-5-9-13-10-6-4-7-11-13;/h4,6-7,10-11H,1-3,5,8-9,12,14H2;1H3. The molecule has 1 rings (SSSR count). The molecule has 5 N–H and O–H groups in total. The predicted octanol–water partition coefficient (Wildman–Crippen LogP) is 3.30. The molecule has 2 heteroatoms. The molecule has 2 nitrogen and oxygen atoms in total. The van der Waals surface area contributed by atoms with Crippen molar-refractivity contribution in [1.82, 2.24) is 6.15 Å². The molecule has 86 valence electrons. The lowest BCUT2D eigenvalue weighted by Crippen LogP contribution is -1.97. The predicted molar refractivity (Wildman–Crippen MR) is 67.3 cm³/mol. The Morgan fingerprint density at radius 3 is 2.07 bits per heavy atom. The molecule has 0 heterocycles. The molecule has 0 aliphatic carbocycles. The zero-order valence-corrected chi connectivity index (χ0v) is 9.62. The van der Waals surface area contributed by atoms with Crippen LogP contribution in [0.15, 0.2) is 30.3 Å². The highest BCUT2D eigenvalue weighted by molar-refractivity contribution is 5.14. The lowest BCUT2D eigenvalue weighted by Gasteiger charge is -2.01. The molecule has 0 saturated heterocycles. The topological polar surface area (TPSA) is 61.0 Å². The third kappa shape index (κ3) is 7.11. The number of hydrogen-bond acceptors (Lipinski definition) is 2. The summed E-state index contributed by atoms with van der Waals surface area (Å²) >= 11 is 0. The average Bonchev–Trinajstić information content (AvgIpc) is 2.25. The summed E-state index contributed by atoms with van der Waals surface area (Å²) in [7, 11) is 0. The van der Waals surface area contributed by atoms with E-state index in [1.54, 1.807) is 0 Å². The summed E-state index contributed by atoms with van der Waals surface area (Å²) in [6.07, 6.45) is 7.70. The van der Waals surface area contributed by atoms with Crippen molar-refractivity contribution < 1.29 is 0 Å². The van der Waals surface area contributed by atoms with E-state index >= 15 is 0 Å². The van der Waals surface area contributed by atoms with Gasteiger partial charge in [0.25, 0.3) is 0 Å². The van der Waals surface area contributed by atoms with Gasteiger partial charge in [-0.15, -0.1) is 0 Å². The van der Waals surface area contributed by atoms with Gasteiger partial charge in [-0.1, -0.05) is 49.6 Å². The van der Waals surface area contributed by atoms with Crippen LogP contribution in [0.5, 0.6) is 0 Å². The Morgan fingerprint density at radius 1 is 0.800 bits per heavy atom. The summed E-state index contributed by atoms with van der Waals surface area (Å²) in [6, 6.07) is 10.7. The first-order valence-corrected chi connectivity index (χ1v) is 5.67. The zero-order valence-electron chi connectivity index (χ0n) is 9.62. The number of nitrogens with two attached hydrogens (primary N) is 1. The minimum absolute atomic E-state index is 0. The van der Waals surface area contributed by atoms with E-state index < -0.39 is 0 Å². The molecule has 1 aromatic rings. The van der Waals surface area contributed by atoms with Crippen molar-refractivity contribution in [3.8, 4) is 0 Å². The number of unbranched alkanes of at least 4 members (excludes halogenated alkanes) is 4. The number of hydrogen-bond donors (Lipinski definition) is 2. The van der Waals surface area contributed by atoms with E-state index in [-0.39, 0.29) is 6.15 Å². The minimum atomic E-state index is 0. The number of aryl methyl sites for hydroxylation is 1. The molecule has 0 aliphatic rings. The minimum Gasteiger partial charge on any atom is -0.344 e. The highest BCUT2D eigenvalue weighted by atomic mass is 14.5. The molecule has 1 aromatic carbocycles. The maximum Gasteiger partial charge on any atom is -0.00773 e.